The number of methoxy groups -OCH3 is 1. The quantitative estimate of drug-likeness (QED) is 0.579. The van der Waals surface area contributed by atoms with Gasteiger partial charge in [0.15, 0.2) is 0 Å². The molecule has 0 aliphatic rings. The van der Waals surface area contributed by atoms with Crippen LogP contribution in [0.1, 0.15) is 0 Å². The van der Waals surface area contributed by atoms with Crippen LogP contribution in [0.2, 0.25) is 0 Å². The van der Waals surface area contributed by atoms with Crippen molar-refractivity contribution in [3.05, 3.63) is 18.2 Å². The number of hydrogen-bond donors (Lipinski definition) is 3. The first-order valence-corrected chi connectivity index (χ1v) is 7.73. The van der Waals surface area contributed by atoms with E-state index in [4.69, 9.17) is 15.6 Å². The molecule has 1 aromatic rings. The fourth-order valence-corrected chi connectivity index (χ4v) is 2.41. The number of nitrogens with one attached hydrogen (secondary N) is 1. The molecule has 1 aromatic carbocycles. The maximum Gasteiger partial charge on any atom is 0.240 e. The molecule has 1 rings (SSSR count). The molecule has 114 valence electrons. The average molecular weight is 302 g/mol. The fraction of sp³-hybridized carbons (Fsp3) is 0.500. The van der Waals surface area contributed by atoms with Crippen LogP contribution in [0.4, 0.5) is 11.4 Å². The first kappa shape index (κ1) is 16.7. The maximum absolute atomic E-state index is 11.5. The molecule has 0 unspecified atom stereocenters. The minimum Gasteiger partial charge on any atom is -0.399 e. The maximum atomic E-state index is 11.5. The Kier molecular flexibility index (Phi) is 6.21. The molecule has 7 nitrogen and oxygen atoms in total. The molecule has 0 fully saturated rings. The van der Waals surface area contributed by atoms with Crippen LogP contribution in [0, 0.1) is 0 Å². The standard InChI is InChI=1S/C12H22N4O3S/c1-16(7-8-19-2)6-5-15-11-4-3-10(13)9-12(11)20(14,17)18/h3-4,9,15H,5-8,13H2,1-2H3,(H2,14,17,18). The molecule has 0 amide bonds. The predicted octanol–water partition coefficient (Wildman–Crippen LogP) is -0.0937. The molecule has 0 atom stereocenters. The van der Waals surface area contributed by atoms with Crippen LogP contribution in [0.15, 0.2) is 23.1 Å². The van der Waals surface area contributed by atoms with E-state index in [0.717, 1.165) is 13.1 Å². The minimum absolute atomic E-state index is 0.0112. The highest BCUT2D eigenvalue weighted by molar-refractivity contribution is 7.89. The Balaban J connectivity index is 2.65. The van der Waals surface area contributed by atoms with Gasteiger partial charge >= 0.3 is 0 Å². The summed E-state index contributed by atoms with van der Waals surface area (Å²) in [4.78, 5) is 2.08. The van der Waals surface area contributed by atoms with E-state index in [0.29, 0.717) is 24.5 Å². The number of nitrogen functional groups attached to an aromatic ring is 1. The fourth-order valence-electron chi connectivity index (χ4n) is 1.66. The molecule has 20 heavy (non-hydrogen) atoms. The lowest BCUT2D eigenvalue weighted by atomic mass is 10.3. The van der Waals surface area contributed by atoms with Crippen molar-refractivity contribution in [1.82, 2.24) is 4.90 Å². The molecule has 0 saturated heterocycles. The van der Waals surface area contributed by atoms with Gasteiger partial charge in [0.1, 0.15) is 4.90 Å². The zero-order valence-corrected chi connectivity index (χ0v) is 12.6. The Morgan fingerprint density at radius 3 is 2.65 bits per heavy atom. The molecule has 0 bridgehead atoms. The number of benzene rings is 1. The van der Waals surface area contributed by atoms with E-state index in [1.165, 1.54) is 6.07 Å². The first-order chi connectivity index (χ1) is 9.34. The lowest BCUT2D eigenvalue weighted by Crippen LogP contribution is -2.28. The van der Waals surface area contributed by atoms with Gasteiger partial charge < -0.3 is 20.7 Å². The number of likely N-dealkylation sites (N-methyl/N-ethyl adjacent to an activating group) is 1. The number of ether oxygens (including phenoxy) is 1. The number of sulfonamides is 1. The molecule has 0 radical (unpaired) electrons. The third-order valence-corrected chi connectivity index (χ3v) is 3.75. The SMILES string of the molecule is COCCN(C)CCNc1ccc(N)cc1S(N)(=O)=O. The van der Waals surface area contributed by atoms with E-state index in [2.05, 4.69) is 10.2 Å². The van der Waals surface area contributed by atoms with Gasteiger partial charge in [0.05, 0.1) is 12.3 Å². The zero-order chi connectivity index (χ0) is 15.2. The minimum atomic E-state index is -3.80. The van der Waals surface area contributed by atoms with E-state index in [-0.39, 0.29) is 4.90 Å². The monoisotopic (exact) mass is 302 g/mol. The highest BCUT2D eigenvalue weighted by atomic mass is 32.2. The van der Waals surface area contributed by atoms with Crippen molar-refractivity contribution in [2.75, 3.05) is 51.4 Å². The Labute approximate surface area is 119 Å². The van der Waals surface area contributed by atoms with E-state index in [1.807, 2.05) is 7.05 Å². The van der Waals surface area contributed by atoms with Crippen LogP contribution >= 0.6 is 0 Å². The van der Waals surface area contributed by atoms with Crippen LogP contribution < -0.4 is 16.2 Å². The van der Waals surface area contributed by atoms with Gasteiger partial charge in [-0.05, 0) is 25.2 Å². The van der Waals surface area contributed by atoms with Crippen molar-refractivity contribution in [1.29, 1.82) is 0 Å². The molecule has 0 aromatic heterocycles. The van der Waals surface area contributed by atoms with Crippen LogP contribution in [0.3, 0.4) is 0 Å². The molecule has 0 aliphatic heterocycles. The predicted molar refractivity (Wildman–Crippen MR) is 80.1 cm³/mol. The van der Waals surface area contributed by atoms with E-state index in [1.54, 1.807) is 19.2 Å². The molecule has 0 spiro atoms. The second-order valence-electron chi connectivity index (χ2n) is 4.52. The summed E-state index contributed by atoms with van der Waals surface area (Å²) in [5.41, 5.74) is 6.40. The van der Waals surface area contributed by atoms with Gasteiger partial charge in [0.2, 0.25) is 10.0 Å². The molecular formula is C12H22N4O3S. The molecule has 0 saturated carbocycles. The van der Waals surface area contributed by atoms with Gasteiger partial charge in [-0.1, -0.05) is 0 Å². The lowest BCUT2D eigenvalue weighted by molar-refractivity contribution is 0.163. The van der Waals surface area contributed by atoms with Gasteiger partial charge in [-0.15, -0.1) is 0 Å². The van der Waals surface area contributed by atoms with E-state index >= 15 is 0 Å². The molecular weight excluding hydrogens is 280 g/mol. The number of anilines is 2. The summed E-state index contributed by atoms with van der Waals surface area (Å²) >= 11 is 0. The third-order valence-electron chi connectivity index (χ3n) is 2.80. The zero-order valence-electron chi connectivity index (χ0n) is 11.8. The Morgan fingerprint density at radius 2 is 2.05 bits per heavy atom. The first-order valence-electron chi connectivity index (χ1n) is 6.18. The molecule has 0 heterocycles. The van der Waals surface area contributed by atoms with Crippen LogP contribution in [0.25, 0.3) is 0 Å². The lowest BCUT2D eigenvalue weighted by Gasteiger charge is -2.17. The highest BCUT2D eigenvalue weighted by Crippen LogP contribution is 2.22. The summed E-state index contributed by atoms with van der Waals surface area (Å²) in [6, 6.07) is 4.60. The van der Waals surface area contributed by atoms with Gasteiger partial charge in [-0.2, -0.15) is 0 Å². The largest absolute Gasteiger partial charge is 0.399 e. The summed E-state index contributed by atoms with van der Waals surface area (Å²) in [5.74, 6) is 0. The summed E-state index contributed by atoms with van der Waals surface area (Å²) in [5, 5.41) is 8.23. The Hall–Kier alpha value is -1.35. The average Bonchev–Trinajstić information content (AvgIpc) is 2.37. The van der Waals surface area contributed by atoms with Crippen molar-refractivity contribution >= 4 is 21.4 Å². The summed E-state index contributed by atoms with van der Waals surface area (Å²) in [6.45, 7) is 2.80. The van der Waals surface area contributed by atoms with Gasteiger partial charge in [-0.3, -0.25) is 0 Å². The summed E-state index contributed by atoms with van der Waals surface area (Å²) < 4.78 is 28.0. The van der Waals surface area contributed by atoms with Crippen LogP contribution in [0.5, 0.6) is 0 Å². The smallest absolute Gasteiger partial charge is 0.240 e. The topological polar surface area (TPSA) is 111 Å². The molecule has 0 aliphatic carbocycles. The van der Waals surface area contributed by atoms with Crippen molar-refractivity contribution in [2.45, 2.75) is 4.90 Å². The van der Waals surface area contributed by atoms with Crippen molar-refractivity contribution in [3.63, 3.8) is 0 Å². The molecule has 5 N–H and O–H groups in total. The number of rotatable bonds is 8. The number of primary sulfonamides is 1. The number of nitrogens with two attached hydrogens (primary N) is 2. The normalized spacial score (nSPS) is 11.8. The van der Waals surface area contributed by atoms with Crippen LogP contribution in [-0.4, -0.2) is 53.7 Å². The van der Waals surface area contributed by atoms with E-state index < -0.39 is 10.0 Å². The number of hydrogen-bond acceptors (Lipinski definition) is 6. The van der Waals surface area contributed by atoms with E-state index in [9.17, 15) is 8.42 Å². The van der Waals surface area contributed by atoms with Gasteiger partial charge in [0, 0.05) is 32.4 Å². The summed E-state index contributed by atoms with van der Waals surface area (Å²) in [7, 11) is -0.183. The van der Waals surface area contributed by atoms with Crippen LogP contribution in [-0.2, 0) is 14.8 Å². The van der Waals surface area contributed by atoms with Crippen molar-refractivity contribution in [3.8, 4) is 0 Å². The Bertz CT molecular complexity index is 534. The third kappa shape index (κ3) is 5.33. The Morgan fingerprint density at radius 1 is 1.35 bits per heavy atom. The second kappa shape index (κ2) is 7.44. The number of nitrogens with zero attached hydrogens (tertiary/aromatic N) is 1. The van der Waals surface area contributed by atoms with Crippen molar-refractivity contribution < 1.29 is 13.2 Å². The van der Waals surface area contributed by atoms with Crippen molar-refractivity contribution in [2.24, 2.45) is 5.14 Å². The second-order valence-corrected chi connectivity index (χ2v) is 6.05. The summed E-state index contributed by atoms with van der Waals surface area (Å²) in [6.07, 6.45) is 0. The van der Waals surface area contributed by atoms with Gasteiger partial charge in [0.25, 0.3) is 0 Å². The molecule has 8 heteroatoms. The van der Waals surface area contributed by atoms with Gasteiger partial charge in [-0.25, -0.2) is 13.6 Å². The highest BCUT2D eigenvalue weighted by Gasteiger charge is 2.14.